The normalized spacial score (nSPS) is 19.5. The monoisotopic (exact) mass is 572 g/mol. The van der Waals surface area contributed by atoms with E-state index < -0.39 is 0 Å². The average Bonchev–Trinajstić information content (AvgIpc) is 2.85. The number of likely N-dealkylation sites (tertiary alicyclic amines) is 1. The van der Waals surface area contributed by atoms with Crippen LogP contribution in [0.3, 0.4) is 0 Å². The van der Waals surface area contributed by atoms with Crippen molar-refractivity contribution in [2.24, 2.45) is 4.99 Å². The van der Waals surface area contributed by atoms with E-state index in [2.05, 4.69) is 63.4 Å². The number of hydrogen-bond acceptors (Lipinski definition) is 5. The van der Waals surface area contributed by atoms with Crippen LogP contribution in [-0.2, 0) is 0 Å². The van der Waals surface area contributed by atoms with Gasteiger partial charge in [-0.3, -0.25) is 14.8 Å². The van der Waals surface area contributed by atoms with Gasteiger partial charge in [-0.1, -0.05) is 25.5 Å². The summed E-state index contributed by atoms with van der Waals surface area (Å²) in [7, 11) is 1.72. The van der Waals surface area contributed by atoms with Crippen molar-refractivity contribution in [2.75, 3.05) is 79.1 Å². The van der Waals surface area contributed by atoms with Crippen molar-refractivity contribution >= 4 is 29.9 Å². The number of aliphatic imine (C=N–C) groups is 1. The summed E-state index contributed by atoms with van der Waals surface area (Å²) in [5, 5.41) is 7.00. The summed E-state index contributed by atoms with van der Waals surface area (Å²) in [6, 6.07) is 8.84. The number of ether oxygens (including phenoxy) is 1. The van der Waals surface area contributed by atoms with E-state index in [1.807, 2.05) is 0 Å². The fourth-order valence-electron chi connectivity index (χ4n) is 4.67. The second-order valence-electron chi connectivity index (χ2n) is 8.81. The summed E-state index contributed by atoms with van der Waals surface area (Å²) < 4.78 is 5.36. The van der Waals surface area contributed by atoms with Crippen molar-refractivity contribution in [3.63, 3.8) is 0 Å². The molecule has 2 N–H and O–H groups in total. The minimum absolute atomic E-state index is 0. The molecule has 7 nitrogen and oxygen atoms in total. The number of piperazine rings is 1. The van der Waals surface area contributed by atoms with Crippen LogP contribution in [0, 0.1) is 0 Å². The fourth-order valence-corrected chi connectivity index (χ4v) is 4.67. The molecule has 2 saturated heterocycles. The van der Waals surface area contributed by atoms with Crippen LogP contribution in [0.25, 0.3) is 0 Å². The molecular formula is C25H45IN6O. The fraction of sp³-hybridized carbons (Fsp3) is 0.720. The number of methoxy groups -OCH3 is 1. The molecule has 0 radical (unpaired) electrons. The third-order valence-corrected chi connectivity index (χ3v) is 6.73. The van der Waals surface area contributed by atoms with E-state index in [0.717, 1.165) is 70.6 Å². The number of guanidine groups is 1. The molecule has 1 unspecified atom stereocenters. The molecule has 3 rings (SSSR count). The van der Waals surface area contributed by atoms with E-state index in [-0.39, 0.29) is 24.0 Å². The molecule has 2 fully saturated rings. The summed E-state index contributed by atoms with van der Waals surface area (Å²) in [6.45, 7) is 16.2. The Morgan fingerprint density at radius 2 is 1.61 bits per heavy atom. The highest BCUT2D eigenvalue weighted by molar-refractivity contribution is 14.0. The van der Waals surface area contributed by atoms with Crippen molar-refractivity contribution in [3.05, 3.63) is 29.8 Å². The lowest BCUT2D eigenvalue weighted by Crippen LogP contribution is -2.49. The van der Waals surface area contributed by atoms with E-state index in [9.17, 15) is 0 Å². The van der Waals surface area contributed by atoms with Gasteiger partial charge in [-0.05, 0) is 57.1 Å². The van der Waals surface area contributed by atoms with Gasteiger partial charge in [0.25, 0.3) is 0 Å². The first-order valence-corrected chi connectivity index (χ1v) is 12.6. The van der Waals surface area contributed by atoms with Crippen molar-refractivity contribution in [1.29, 1.82) is 0 Å². The van der Waals surface area contributed by atoms with E-state index in [4.69, 9.17) is 9.73 Å². The average molecular weight is 573 g/mol. The highest BCUT2D eigenvalue weighted by atomic mass is 127. The van der Waals surface area contributed by atoms with Crippen LogP contribution >= 0.6 is 24.0 Å². The Bertz CT molecular complexity index is 672. The molecule has 0 spiro atoms. The third-order valence-electron chi connectivity index (χ3n) is 6.73. The number of hydrogen-bond donors (Lipinski definition) is 2. The molecule has 1 aromatic carbocycles. The SMILES string of the molecule is CCNC(=NCC(c1ccc(OC)cc1)N1CCCCC1)NCCN1CCN(CC)CC1.I. The van der Waals surface area contributed by atoms with Crippen LogP contribution in [0.1, 0.15) is 44.7 Å². The Labute approximate surface area is 218 Å². The van der Waals surface area contributed by atoms with Gasteiger partial charge < -0.3 is 20.3 Å². The molecule has 0 aromatic heterocycles. The summed E-state index contributed by atoms with van der Waals surface area (Å²) in [6.07, 6.45) is 3.89. The van der Waals surface area contributed by atoms with Crippen molar-refractivity contribution in [2.45, 2.75) is 39.2 Å². The summed E-state index contributed by atoms with van der Waals surface area (Å²) in [4.78, 5) is 12.7. The minimum Gasteiger partial charge on any atom is -0.497 e. The summed E-state index contributed by atoms with van der Waals surface area (Å²) >= 11 is 0. The quantitative estimate of drug-likeness (QED) is 0.256. The molecule has 0 saturated carbocycles. The summed E-state index contributed by atoms with van der Waals surface area (Å²) in [5.74, 6) is 1.83. The van der Waals surface area contributed by atoms with E-state index in [0.29, 0.717) is 6.04 Å². The predicted octanol–water partition coefficient (Wildman–Crippen LogP) is 3.03. The van der Waals surface area contributed by atoms with Crippen molar-refractivity contribution in [3.8, 4) is 5.75 Å². The zero-order chi connectivity index (χ0) is 22.6. The molecule has 0 aliphatic carbocycles. The first-order valence-electron chi connectivity index (χ1n) is 12.6. The van der Waals surface area contributed by atoms with Crippen LogP contribution < -0.4 is 15.4 Å². The highest BCUT2D eigenvalue weighted by Gasteiger charge is 2.22. The van der Waals surface area contributed by atoms with Gasteiger partial charge in [0, 0.05) is 45.8 Å². The van der Waals surface area contributed by atoms with Crippen LogP contribution in [0.4, 0.5) is 0 Å². The molecule has 8 heteroatoms. The van der Waals surface area contributed by atoms with E-state index in [1.165, 1.54) is 37.9 Å². The molecule has 2 heterocycles. The second kappa shape index (κ2) is 15.7. The Balaban J connectivity index is 0.00000385. The number of nitrogens with zero attached hydrogens (tertiary/aromatic N) is 4. The molecule has 0 amide bonds. The predicted molar refractivity (Wildman–Crippen MR) is 149 cm³/mol. The number of halogens is 1. The van der Waals surface area contributed by atoms with Crippen LogP contribution in [0.5, 0.6) is 5.75 Å². The second-order valence-corrected chi connectivity index (χ2v) is 8.81. The number of nitrogens with one attached hydrogen (secondary N) is 2. The molecular weight excluding hydrogens is 527 g/mol. The lowest BCUT2D eigenvalue weighted by atomic mass is 10.0. The van der Waals surface area contributed by atoms with E-state index >= 15 is 0 Å². The molecule has 1 aromatic rings. The minimum atomic E-state index is 0. The molecule has 0 bridgehead atoms. The van der Waals surface area contributed by atoms with Crippen molar-refractivity contribution in [1.82, 2.24) is 25.3 Å². The van der Waals surface area contributed by atoms with Gasteiger partial charge in [0.15, 0.2) is 5.96 Å². The van der Waals surface area contributed by atoms with Gasteiger partial charge in [0.05, 0.1) is 19.7 Å². The lowest BCUT2D eigenvalue weighted by Gasteiger charge is -2.34. The molecule has 2 aliphatic rings. The molecule has 188 valence electrons. The largest absolute Gasteiger partial charge is 0.497 e. The Kier molecular flexibility index (Phi) is 13.4. The Morgan fingerprint density at radius 1 is 0.939 bits per heavy atom. The third kappa shape index (κ3) is 9.22. The first kappa shape index (κ1) is 28.1. The maximum Gasteiger partial charge on any atom is 0.191 e. The van der Waals surface area contributed by atoms with Crippen LogP contribution in [0.15, 0.2) is 29.3 Å². The number of likely N-dealkylation sites (N-methyl/N-ethyl adjacent to an activating group) is 1. The standard InChI is InChI=1S/C25H44N6O.HI/c1-4-26-25(27-13-16-30-19-17-29(5-2)18-20-30)28-21-24(31-14-7-6-8-15-31)22-9-11-23(32-3)12-10-22;/h9-12,24H,4-8,13-21H2,1-3H3,(H2,26,27,28);1H. The van der Waals surface area contributed by atoms with Crippen LogP contribution in [0.2, 0.25) is 0 Å². The number of benzene rings is 1. The highest BCUT2D eigenvalue weighted by Crippen LogP contribution is 2.26. The maximum atomic E-state index is 5.36. The molecule has 1 atom stereocenters. The Morgan fingerprint density at radius 3 is 2.21 bits per heavy atom. The van der Waals surface area contributed by atoms with Gasteiger partial charge >= 0.3 is 0 Å². The lowest BCUT2D eigenvalue weighted by molar-refractivity contribution is 0.139. The topological polar surface area (TPSA) is 55.4 Å². The van der Waals surface area contributed by atoms with Gasteiger partial charge in [0.1, 0.15) is 5.75 Å². The first-order chi connectivity index (χ1) is 15.7. The number of rotatable bonds is 10. The van der Waals surface area contributed by atoms with Gasteiger partial charge in [-0.15, -0.1) is 24.0 Å². The van der Waals surface area contributed by atoms with Crippen LogP contribution in [-0.4, -0.2) is 99.8 Å². The van der Waals surface area contributed by atoms with Gasteiger partial charge in [-0.2, -0.15) is 0 Å². The van der Waals surface area contributed by atoms with Gasteiger partial charge in [-0.25, -0.2) is 0 Å². The zero-order valence-corrected chi connectivity index (χ0v) is 23.2. The van der Waals surface area contributed by atoms with E-state index in [1.54, 1.807) is 7.11 Å². The Hall–Kier alpha value is -1.10. The molecule has 33 heavy (non-hydrogen) atoms. The smallest absolute Gasteiger partial charge is 0.191 e. The summed E-state index contributed by atoms with van der Waals surface area (Å²) in [5.41, 5.74) is 1.32. The van der Waals surface area contributed by atoms with Gasteiger partial charge in [0.2, 0.25) is 0 Å². The number of piperidine rings is 1. The van der Waals surface area contributed by atoms with Crippen molar-refractivity contribution < 1.29 is 4.74 Å². The zero-order valence-electron chi connectivity index (χ0n) is 20.9. The maximum absolute atomic E-state index is 5.36. The molecule has 2 aliphatic heterocycles.